The molecule has 1 saturated heterocycles. The van der Waals surface area contributed by atoms with Crippen LogP contribution in [0, 0.1) is 0 Å². The molecule has 2 rings (SSSR count). The van der Waals surface area contributed by atoms with Crippen molar-refractivity contribution in [2.24, 2.45) is 5.73 Å². The molecule has 0 unspecified atom stereocenters. The van der Waals surface area contributed by atoms with Crippen LogP contribution >= 0.6 is 12.2 Å². The maximum absolute atomic E-state index is 11.8. The zero-order chi connectivity index (χ0) is 13.1. The van der Waals surface area contributed by atoms with E-state index in [0.717, 1.165) is 25.2 Å². The molecule has 1 amide bonds. The van der Waals surface area contributed by atoms with Crippen molar-refractivity contribution in [2.45, 2.75) is 6.42 Å². The molecule has 2 N–H and O–H groups in total. The molecule has 1 aromatic rings. The average molecular weight is 264 g/mol. The topological polar surface area (TPSA) is 62.5 Å². The van der Waals surface area contributed by atoms with E-state index in [2.05, 4.69) is 4.98 Å². The average Bonchev–Trinajstić information content (AvgIpc) is 2.52. The molecule has 0 spiro atoms. The number of thiocarbonyl (C=S) groups is 1. The summed E-state index contributed by atoms with van der Waals surface area (Å²) in [5.74, 6) is 0.126. The lowest BCUT2D eigenvalue weighted by atomic mass is 10.2. The first-order valence-electron chi connectivity index (χ1n) is 5.82. The van der Waals surface area contributed by atoms with Crippen LogP contribution in [0.25, 0.3) is 0 Å². The van der Waals surface area contributed by atoms with E-state index < -0.39 is 0 Å². The number of amides is 1. The second-order valence-electron chi connectivity index (χ2n) is 4.35. The standard InChI is InChI=1S/C12H16N4OS/c1-15-5-2-6-16(8-11(15)17)9-3-4-14-10(7-9)12(13)18/h3-4,7H,2,5-6,8H2,1H3,(H2,13,18). The lowest BCUT2D eigenvalue weighted by molar-refractivity contribution is -0.127. The van der Waals surface area contributed by atoms with Crippen molar-refractivity contribution >= 4 is 28.8 Å². The Hall–Kier alpha value is -1.69. The summed E-state index contributed by atoms with van der Waals surface area (Å²) in [7, 11) is 1.83. The van der Waals surface area contributed by atoms with Gasteiger partial charge in [-0.3, -0.25) is 9.78 Å². The summed E-state index contributed by atoms with van der Waals surface area (Å²) in [6.07, 6.45) is 2.62. The molecule has 0 radical (unpaired) electrons. The van der Waals surface area contributed by atoms with Crippen LogP contribution in [-0.4, -0.2) is 47.5 Å². The van der Waals surface area contributed by atoms with Gasteiger partial charge in [0.15, 0.2) is 0 Å². The van der Waals surface area contributed by atoms with Crippen molar-refractivity contribution in [2.75, 3.05) is 31.6 Å². The van der Waals surface area contributed by atoms with Crippen molar-refractivity contribution < 1.29 is 4.79 Å². The highest BCUT2D eigenvalue weighted by Crippen LogP contribution is 2.17. The van der Waals surface area contributed by atoms with Gasteiger partial charge in [-0.15, -0.1) is 0 Å². The van der Waals surface area contributed by atoms with Crippen LogP contribution < -0.4 is 10.6 Å². The van der Waals surface area contributed by atoms with Crippen LogP contribution in [0.5, 0.6) is 0 Å². The Bertz CT molecular complexity index is 477. The van der Waals surface area contributed by atoms with Crippen LogP contribution in [-0.2, 0) is 4.79 Å². The van der Waals surface area contributed by atoms with Crippen LogP contribution in [0.15, 0.2) is 18.3 Å². The summed E-state index contributed by atoms with van der Waals surface area (Å²) in [6.45, 7) is 2.02. The van der Waals surface area contributed by atoms with E-state index in [1.54, 1.807) is 11.1 Å². The molecule has 96 valence electrons. The number of nitrogens with two attached hydrogens (primary N) is 1. The Morgan fingerprint density at radius 3 is 3.00 bits per heavy atom. The molecule has 5 nitrogen and oxygen atoms in total. The summed E-state index contributed by atoms with van der Waals surface area (Å²) in [6, 6.07) is 3.71. The highest BCUT2D eigenvalue weighted by atomic mass is 32.1. The number of rotatable bonds is 2. The van der Waals surface area contributed by atoms with Crippen molar-refractivity contribution in [3.8, 4) is 0 Å². The van der Waals surface area contributed by atoms with Gasteiger partial charge < -0.3 is 15.5 Å². The zero-order valence-electron chi connectivity index (χ0n) is 10.3. The fourth-order valence-corrected chi connectivity index (χ4v) is 2.07. The van der Waals surface area contributed by atoms with E-state index in [0.29, 0.717) is 12.2 Å². The third-order valence-corrected chi connectivity index (χ3v) is 3.24. The van der Waals surface area contributed by atoms with Crippen molar-refractivity contribution in [1.29, 1.82) is 0 Å². The first-order valence-corrected chi connectivity index (χ1v) is 6.23. The summed E-state index contributed by atoms with van der Waals surface area (Å²) in [4.78, 5) is 20.0. The minimum Gasteiger partial charge on any atom is -0.388 e. The van der Waals surface area contributed by atoms with E-state index >= 15 is 0 Å². The predicted molar refractivity (Wildman–Crippen MR) is 74.6 cm³/mol. The predicted octanol–water partition coefficient (Wildman–Crippen LogP) is 0.384. The Balaban J connectivity index is 2.22. The van der Waals surface area contributed by atoms with E-state index in [9.17, 15) is 4.79 Å². The molecule has 0 bridgehead atoms. The number of likely N-dealkylation sites (N-methyl/N-ethyl adjacent to an activating group) is 1. The fourth-order valence-electron chi connectivity index (χ4n) is 1.96. The minimum absolute atomic E-state index is 0.126. The summed E-state index contributed by atoms with van der Waals surface area (Å²) >= 11 is 4.91. The second kappa shape index (κ2) is 5.30. The molecule has 1 aliphatic heterocycles. The number of hydrogen-bond donors (Lipinski definition) is 1. The first kappa shape index (κ1) is 12.8. The molecule has 0 aliphatic carbocycles. The number of pyridine rings is 1. The third kappa shape index (κ3) is 2.76. The largest absolute Gasteiger partial charge is 0.388 e. The number of carbonyl (C=O) groups excluding carboxylic acids is 1. The van der Waals surface area contributed by atoms with Crippen LogP contribution in [0.4, 0.5) is 5.69 Å². The number of hydrogen-bond acceptors (Lipinski definition) is 4. The van der Waals surface area contributed by atoms with Gasteiger partial charge >= 0.3 is 0 Å². The van der Waals surface area contributed by atoms with E-state index in [1.807, 2.05) is 24.1 Å². The van der Waals surface area contributed by atoms with Gasteiger partial charge in [-0.05, 0) is 18.6 Å². The zero-order valence-corrected chi connectivity index (χ0v) is 11.1. The van der Waals surface area contributed by atoms with Crippen LogP contribution in [0.3, 0.4) is 0 Å². The smallest absolute Gasteiger partial charge is 0.241 e. The Labute approximate surface area is 112 Å². The third-order valence-electron chi connectivity index (χ3n) is 3.03. The molecule has 1 aromatic heterocycles. The highest BCUT2D eigenvalue weighted by molar-refractivity contribution is 7.80. The summed E-state index contributed by atoms with van der Waals surface area (Å²) in [5.41, 5.74) is 7.10. The Morgan fingerprint density at radius 1 is 1.50 bits per heavy atom. The normalized spacial score (nSPS) is 16.6. The van der Waals surface area contributed by atoms with Gasteiger partial charge in [0.25, 0.3) is 0 Å². The fraction of sp³-hybridized carbons (Fsp3) is 0.417. The lowest BCUT2D eigenvalue weighted by Gasteiger charge is -2.22. The number of nitrogens with zero attached hydrogens (tertiary/aromatic N) is 3. The second-order valence-corrected chi connectivity index (χ2v) is 4.79. The molecular weight excluding hydrogens is 248 g/mol. The van der Waals surface area contributed by atoms with Gasteiger partial charge in [0, 0.05) is 32.0 Å². The van der Waals surface area contributed by atoms with Gasteiger partial charge in [0.2, 0.25) is 5.91 Å². The van der Waals surface area contributed by atoms with E-state index in [-0.39, 0.29) is 10.9 Å². The maximum Gasteiger partial charge on any atom is 0.241 e. The summed E-state index contributed by atoms with van der Waals surface area (Å²) < 4.78 is 0. The molecule has 0 aromatic carbocycles. The van der Waals surface area contributed by atoms with Crippen molar-refractivity contribution in [3.05, 3.63) is 24.0 Å². The van der Waals surface area contributed by atoms with Gasteiger partial charge in [0.05, 0.1) is 12.2 Å². The van der Waals surface area contributed by atoms with Gasteiger partial charge in [-0.1, -0.05) is 12.2 Å². The van der Waals surface area contributed by atoms with E-state index in [4.69, 9.17) is 18.0 Å². The molecule has 0 saturated carbocycles. The monoisotopic (exact) mass is 264 g/mol. The quantitative estimate of drug-likeness (QED) is 0.783. The molecule has 6 heteroatoms. The Morgan fingerprint density at radius 2 is 2.28 bits per heavy atom. The van der Waals surface area contributed by atoms with Crippen molar-refractivity contribution in [1.82, 2.24) is 9.88 Å². The highest BCUT2D eigenvalue weighted by Gasteiger charge is 2.19. The lowest BCUT2D eigenvalue weighted by Crippen LogP contribution is -2.34. The Kier molecular flexibility index (Phi) is 3.76. The molecule has 18 heavy (non-hydrogen) atoms. The number of aromatic nitrogens is 1. The minimum atomic E-state index is 0.126. The van der Waals surface area contributed by atoms with E-state index in [1.165, 1.54) is 0 Å². The van der Waals surface area contributed by atoms with Crippen molar-refractivity contribution in [3.63, 3.8) is 0 Å². The molecule has 2 heterocycles. The molecule has 1 fully saturated rings. The van der Waals surface area contributed by atoms with Crippen LogP contribution in [0.1, 0.15) is 12.1 Å². The molecular formula is C12H16N4OS. The van der Waals surface area contributed by atoms with Gasteiger partial charge in [0.1, 0.15) is 4.99 Å². The number of anilines is 1. The number of carbonyl (C=O) groups is 1. The first-order chi connectivity index (χ1) is 8.58. The maximum atomic E-state index is 11.8. The SMILES string of the molecule is CN1CCCN(c2ccnc(C(N)=S)c2)CC1=O. The van der Waals surface area contributed by atoms with Gasteiger partial charge in [-0.2, -0.15) is 0 Å². The van der Waals surface area contributed by atoms with Crippen LogP contribution in [0.2, 0.25) is 0 Å². The molecule has 1 aliphatic rings. The van der Waals surface area contributed by atoms with Gasteiger partial charge in [-0.25, -0.2) is 0 Å². The summed E-state index contributed by atoms with van der Waals surface area (Å²) in [5, 5.41) is 0. The molecule has 0 atom stereocenters.